The Labute approximate surface area is 162 Å². The zero-order valence-corrected chi connectivity index (χ0v) is 15.8. The van der Waals surface area contributed by atoms with Gasteiger partial charge in [-0.2, -0.15) is 0 Å². The summed E-state index contributed by atoms with van der Waals surface area (Å²) in [5, 5.41) is 5.78. The number of benzene rings is 1. The smallest absolute Gasteiger partial charge is 0.287 e. The average Bonchev–Trinajstić information content (AvgIpc) is 3.39. The third-order valence-corrected chi connectivity index (χ3v) is 4.38. The number of amides is 2. The molecule has 0 aliphatic heterocycles. The van der Waals surface area contributed by atoms with Crippen LogP contribution in [0.2, 0.25) is 0 Å². The van der Waals surface area contributed by atoms with Crippen LogP contribution < -0.4 is 15.4 Å². The molecule has 2 amide bonds. The van der Waals surface area contributed by atoms with Crippen LogP contribution in [0, 0.1) is 0 Å². The van der Waals surface area contributed by atoms with Crippen LogP contribution in [0.15, 0.2) is 48.7 Å². The SMILES string of the molecule is CC(C)Oc1ccccc1NC(=O)c1nc(C(=O)NC2CC2)n2ccccc12. The lowest BCUT2D eigenvalue weighted by molar-refractivity contribution is 0.0940. The Bertz CT molecular complexity index is 1040. The largest absolute Gasteiger partial charge is 0.489 e. The lowest BCUT2D eigenvalue weighted by Gasteiger charge is -2.14. The van der Waals surface area contributed by atoms with Crippen molar-refractivity contribution in [3.63, 3.8) is 0 Å². The van der Waals surface area contributed by atoms with Gasteiger partial charge in [-0.3, -0.25) is 14.0 Å². The van der Waals surface area contributed by atoms with Gasteiger partial charge in [-0.05, 0) is 51.0 Å². The third kappa shape index (κ3) is 3.69. The first-order chi connectivity index (χ1) is 13.5. The number of ether oxygens (including phenoxy) is 1. The quantitative estimate of drug-likeness (QED) is 0.689. The van der Waals surface area contributed by atoms with E-state index < -0.39 is 5.91 Å². The van der Waals surface area contributed by atoms with Crippen molar-refractivity contribution in [2.24, 2.45) is 0 Å². The number of para-hydroxylation sites is 2. The standard InChI is InChI=1S/C21H22N4O3/c1-13(2)28-17-9-4-3-7-15(17)23-20(26)18-16-8-5-6-12-25(16)19(24-18)21(27)22-14-10-11-14/h3-9,12-14H,10-11H2,1-2H3,(H,22,27)(H,23,26). The molecule has 7 nitrogen and oxygen atoms in total. The molecule has 0 saturated heterocycles. The van der Waals surface area contributed by atoms with Gasteiger partial charge in [0.25, 0.3) is 11.8 Å². The molecule has 1 aromatic carbocycles. The van der Waals surface area contributed by atoms with E-state index in [-0.39, 0.29) is 29.6 Å². The Kier molecular flexibility index (Phi) is 4.73. The zero-order chi connectivity index (χ0) is 19.7. The molecule has 2 heterocycles. The Balaban J connectivity index is 1.66. The number of carbonyl (C=O) groups is 2. The van der Waals surface area contributed by atoms with Crippen LogP contribution in [0.1, 0.15) is 47.8 Å². The number of hydrogen-bond acceptors (Lipinski definition) is 4. The van der Waals surface area contributed by atoms with Crippen LogP contribution in [0.4, 0.5) is 5.69 Å². The van der Waals surface area contributed by atoms with Gasteiger partial charge in [0.2, 0.25) is 5.82 Å². The highest BCUT2D eigenvalue weighted by Crippen LogP contribution is 2.26. The number of pyridine rings is 1. The highest BCUT2D eigenvalue weighted by Gasteiger charge is 2.27. The molecular formula is C21H22N4O3. The molecule has 3 aromatic rings. The molecule has 28 heavy (non-hydrogen) atoms. The minimum absolute atomic E-state index is 0.0239. The first-order valence-electron chi connectivity index (χ1n) is 9.38. The summed E-state index contributed by atoms with van der Waals surface area (Å²) < 4.78 is 7.40. The summed E-state index contributed by atoms with van der Waals surface area (Å²) in [6.07, 6.45) is 3.67. The first kappa shape index (κ1) is 18.0. The number of imidazole rings is 1. The highest BCUT2D eigenvalue weighted by molar-refractivity contribution is 6.09. The van der Waals surface area contributed by atoms with E-state index in [4.69, 9.17) is 4.74 Å². The fourth-order valence-electron chi connectivity index (χ4n) is 2.95. The van der Waals surface area contributed by atoms with Gasteiger partial charge in [-0.15, -0.1) is 0 Å². The molecule has 1 fully saturated rings. The van der Waals surface area contributed by atoms with Crippen molar-refractivity contribution in [3.8, 4) is 5.75 Å². The third-order valence-electron chi connectivity index (χ3n) is 4.38. The van der Waals surface area contributed by atoms with Crippen LogP contribution in [0.3, 0.4) is 0 Å². The van der Waals surface area contributed by atoms with Crippen molar-refractivity contribution in [3.05, 3.63) is 60.2 Å². The van der Waals surface area contributed by atoms with Gasteiger partial charge in [-0.1, -0.05) is 18.2 Å². The lowest BCUT2D eigenvalue weighted by atomic mass is 10.2. The number of hydrogen-bond donors (Lipinski definition) is 2. The van der Waals surface area contributed by atoms with Gasteiger partial charge in [0, 0.05) is 12.2 Å². The Morgan fingerprint density at radius 1 is 1.11 bits per heavy atom. The molecule has 1 saturated carbocycles. The fraction of sp³-hybridized carbons (Fsp3) is 0.286. The molecule has 2 N–H and O–H groups in total. The average molecular weight is 378 g/mol. The number of carbonyl (C=O) groups excluding carboxylic acids is 2. The van der Waals surface area contributed by atoms with Crippen LogP contribution in [-0.4, -0.2) is 33.3 Å². The molecule has 1 aliphatic rings. The summed E-state index contributed by atoms with van der Waals surface area (Å²) in [5.74, 6) is 0.126. The minimum Gasteiger partial charge on any atom is -0.489 e. The summed E-state index contributed by atoms with van der Waals surface area (Å²) in [6, 6.07) is 12.8. The van der Waals surface area contributed by atoms with Gasteiger partial charge < -0.3 is 15.4 Å². The number of fused-ring (bicyclic) bond motifs is 1. The van der Waals surface area contributed by atoms with Crippen LogP contribution in [-0.2, 0) is 0 Å². The van der Waals surface area contributed by atoms with Crippen LogP contribution >= 0.6 is 0 Å². The number of nitrogens with one attached hydrogen (secondary N) is 2. The van der Waals surface area contributed by atoms with Crippen molar-refractivity contribution in [1.82, 2.24) is 14.7 Å². The van der Waals surface area contributed by atoms with E-state index in [0.29, 0.717) is 17.0 Å². The fourth-order valence-corrected chi connectivity index (χ4v) is 2.95. The number of nitrogens with zero attached hydrogens (tertiary/aromatic N) is 2. The number of rotatable bonds is 6. The molecule has 2 aromatic heterocycles. The lowest BCUT2D eigenvalue weighted by Crippen LogP contribution is -2.27. The van der Waals surface area contributed by atoms with Gasteiger partial charge in [-0.25, -0.2) is 4.98 Å². The molecule has 0 unspecified atom stereocenters. The van der Waals surface area contributed by atoms with Gasteiger partial charge >= 0.3 is 0 Å². The Morgan fingerprint density at radius 3 is 2.61 bits per heavy atom. The second kappa shape index (κ2) is 7.34. The Hall–Kier alpha value is -3.35. The van der Waals surface area contributed by atoms with Crippen LogP contribution in [0.25, 0.3) is 5.52 Å². The van der Waals surface area contributed by atoms with E-state index in [0.717, 1.165) is 12.8 Å². The molecule has 0 bridgehead atoms. The van der Waals surface area contributed by atoms with E-state index in [1.807, 2.05) is 32.0 Å². The van der Waals surface area contributed by atoms with Gasteiger partial charge in [0.05, 0.1) is 17.3 Å². The highest BCUT2D eigenvalue weighted by atomic mass is 16.5. The zero-order valence-electron chi connectivity index (χ0n) is 15.8. The molecular weight excluding hydrogens is 356 g/mol. The monoisotopic (exact) mass is 378 g/mol. The van der Waals surface area contributed by atoms with E-state index in [1.165, 1.54) is 0 Å². The molecule has 4 rings (SSSR count). The second-order valence-electron chi connectivity index (χ2n) is 7.10. The van der Waals surface area contributed by atoms with E-state index in [1.54, 1.807) is 34.9 Å². The maximum absolute atomic E-state index is 13.0. The Morgan fingerprint density at radius 2 is 1.86 bits per heavy atom. The van der Waals surface area contributed by atoms with Crippen molar-refractivity contribution in [1.29, 1.82) is 0 Å². The predicted octanol–water partition coefficient (Wildman–Crippen LogP) is 3.27. The van der Waals surface area contributed by atoms with Gasteiger partial charge in [0.15, 0.2) is 5.69 Å². The predicted molar refractivity (Wildman–Crippen MR) is 106 cm³/mol. The summed E-state index contributed by atoms with van der Waals surface area (Å²) in [4.78, 5) is 29.8. The summed E-state index contributed by atoms with van der Waals surface area (Å²) in [5.41, 5.74) is 1.33. The van der Waals surface area contributed by atoms with Crippen molar-refractivity contribution < 1.29 is 14.3 Å². The van der Waals surface area contributed by atoms with Crippen LogP contribution in [0.5, 0.6) is 5.75 Å². The van der Waals surface area contributed by atoms with E-state index in [2.05, 4.69) is 15.6 Å². The van der Waals surface area contributed by atoms with Crippen molar-refractivity contribution >= 4 is 23.0 Å². The summed E-state index contributed by atoms with van der Waals surface area (Å²) >= 11 is 0. The van der Waals surface area contributed by atoms with Crippen molar-refractivity contribution in [2.75, 3.05) is 5.32 Å². The first-order valence-corrected chi connectivity index (χ1v) is 9.38. The molecule has 1 aliphatic carbocycles. The topological polar surface area (TPSA) is 84.7 Å². The molecule has 7 heteroatoms. The summed E-state index contributed by atoms with van der Waals surface area (Å²) in [7, 11) is 0. The summed E-state index contributed by atoms with van der Waals surface area (Å²) in [6.45, 7) is 3.85. The maximum atomic E-state index is 13.0. The second-order valence-corrected chi connectivity index (χ2v) is 7.10. The molecule has 0 spiro atoms. The van der Waals surface area contributed by atoms with E-state index >= 15 is 0 Å². The normalized spacial score (nSPS) is 13.5. The number of aromatic nitrogens is 2. The van der Waals surface area contributed by atoms with E-state index in [9.17, 15) is 9.59 Å². The molecule has 0 radical (unpaired) electrons. The minimum atomic E-state index is -0.394. The number of anilines is 1. The van der Waals surface area contributed by atoms with Gasteiger partial charge in [0.1, 0.15) is 5.75 Å². The molecule has 0 atom stereocenters. The maximum Gasteiger partial charge on any atom is 0.287 e. The molecule has 144 valence electrons. The van der Waals surface area contributed by atoms with Crippen molar-refractivity contribution in [2.45, 2.75) is 38.8 Å².